The van der Waals surface area contributed by atoms with Crippen LogP contribution in [0, 0.1) is 0 Å². The summed E-state index contributed by atoms with van der Waals surface area (Å²) in [5.74, 6) is 0.729. The molecule has 1 saturated heterocycles. The van der Waals surface area contributed by atoms with Gasteiger partial charge in [-0.3, -0.25) is 18.4 Å². The second-order valence-electron chi connectivity index (χ2n) is 12.4. The van der Waals surface area contributed by atoms with Crippen LogP contribution in [0.1, 0.15) is 45.5 Å². The second-order valence-corrected chi connectivity index (χ2v) is 12.4. The van der Waals surface area contributed by atoms with Crippen LogP contribution in [0.4, 0.5) is 14.5 Å². The van der Waals surface area contributed by atoms with Gasteiger partial charge in [0.15, 0.2) is 0 Å². The molecule has 0 amide bonds. The molecule has 4 heterocycles. The van der Waals surface area contributed by atoms with E-state index < -0.39 is 11.8 Å². The summed E-state index contributed by atoms with van der Waals surface area (Å²) in [6, 6.07) is 7.26. The van der Waals surface area contributed by atoms with Gasteiger partial charge >= 0.3 is 5.69 Å². The van der Waals surface area contributed by atoms with E-state index in [4.69, 9.17) is 9.72 Å². The lowest BCUT2D eigenvalue weighted by atomic mass is 9.94. The molecule has 0 spiro atoms. The fraction of sp³-hybridized carbons (Fsp3) is 0.433. The van der Waals surface area contributed by atoms with E-state index in [1.165, 1.54) is 0 Å². The van der Waals surface area contributed by atoms with Gasteiger partial charge in [0, 0.05) is 64.1 Å². The van der Waals surface area contributed by atoms with E-state index in [2.05, 4.69) is 37.7 Å². The van der Waals surface area contributed by atoms with E-state index >= 15 is 0 Å². The number of aromatic nitrogens is 6. The molecule has 0 bridgehead atoms. The number of hydrogen-bond donors (Lipinski definition) is 0. The van der Waals surface area contributed by atoms with Gasteiger partial charge in [-0.15, -0.1) is 0 Å². The maximum absolute atomic E-state index is 14.5. The largest absolute Gasteiger partial charge is 0.375 e. The number of methoxy groups -OCH3 is 1. The Bertz CT molecular complexity index is 1880. The fourth-order valence-electron chi connectivity index (χ4n) is 5.94. The molecule has 1 aliphatic heterocycles. The number of imidazole rings is 2. The SMILES string of the molecule is COC1(C)CN(c2cc(-n3c(C(C)(C)C)nc4cc(-c5cnn(C)c5)c(C(F)F)cc43)cc3c2n(C)c(=O)n3C)C1. The highest BCUT2D eigenvalue weighted by atomic mass is 19.3. The summed E-state index contributed by atoms with van der Waals surface area (Å²) >= 11 is 0. The van der Waals surface area contributed by atoms with Gasteiger partial charge in [0.1, 0.15) is 5.82 Å². The third kappa shape index (κ3) is 4.16. The molecule has 5 aromatic rings. The van der Waals surface area contributed by atoms with E-state index in [1.54, 1.807) is 66.6 Å². The normalized spacial score (nSPS) is 15.4. The van der Waals surface area contributed by atoms with Gasteiger partial charge in [-0.05, 0) is 36.8 Å². The summed E-state index contributed by atoms with van der Waals surface area (Å²) in [5, 5.41) is 4.19. The Hall–Kier alpha value is -3.99. The van der Waals surface area contributed by atoms with E-state index in [0.29, 0.717) is 35.2 Å². The molecule has 2 aromatic carbocycles. The minimum atomic E-state index is -2.70. The van der Waals surface area contributed by atoms with E-state index in [9.17, 15) is 13.6 Å². The molecule has 0 unspecified atom stereocenters. The molecule has 0 saturated carbocycles. The zero-order chi connectivity index (χ0) is 29.6. The summed E-state index contributed by atoms with van der Waals surface area (Å²) in [4.78, 5) is 20.3. The van der Waals surface area contributed by atoms with Crippen LogP contribution < -0.4 is 10.6 Å². The van der Waals surface area contributed by atoms with Crippen LogP contribution in [-0.4, -0.2) is 54.3 Å². The van der Waals surface area contributed by atoms with Crippen LogP contribution in [0.2, 0.25) is 0 Å². The Morgan fingerprint density at radius 3 is 2.32 bits per heavy atom. The third-order valence-corrected chi connectivity index (χ3v) is 8.21. The molecule has 0 aliphatic carbocycles. The van der Waals surface area contributed by atoms with Crippen LogP contribution in [0.15, 0.2) is 41.5 Å². The number of hydrogen-bond acceptors (Lipinski definition) is 5. The van der Waals surface area contributed by atoms with Gasteiger partial charge in [0.2, 0.25) is 0 Å². The molecule has 41 heavy (non-hydrogen) atoms. The summed E-state index contributed by atoms with van der Waals surface area (Å²) < 4.78 is 41.6. The highest BCUT2D eigenvalue weighted by Gasteiger charge is 2.40. The summed E-state index contributed by atoms with van der Waals surface area (Å²) in [5.41, 5.74) is 4.48. The average Bonchev–Trinajstić information content (AvgIpc) is 3.56. The molecule has 0 N–H and O–H groups in total. The zero-order valence-corrected chi connectivity index (χ0v) is 24.7. The zero-order valence-electron chi connectivity index (χ0n) is 24.7. The van der Waals surface area contributed by atoms with Gasteiger partial charge in [-0.2, -0.15) is 5.10 Å². The number of benzene rings is 2. The molecule has 0 radical (unpaired) electrons. The maximum Gasteiger partial charge on any atom is 0.328 e. The summed E-state index contributed by atoms with van der Waals surface area (Å²) in [6.07, 6.45) is 0.619. The number of alkyl halides is 2. The first kappa shape index (κ1) is 27.2. The minimum Gasteiger partial charge on any atom is -0.375 e. The molecule has 6 rings (SSSR count). The quantitative estimate of drug-likeness (QED) is 0.298. The van der Waals surface area contributed by atoms with Crippen molar-refractivity contribution in [2.45, 2.75) is 45.1 Å². The predicted molar refractivity (Wildman–Crippen MR) is 156 cm³/mol. The molecule has 1 aliphatic rings. The topological polar surface area (TPSA) is 75.0 Å². The van der Waals surface area contributed by atoms with Gasteiger partial charge in [-0.1, -0.05) is 20.8 Å². The number of ether oxygens (including phenoxy) is 1. The molecule has 216 valence electrons. The van der Waals surface area contributed by atoms with Crippen molar-refractivity contribution in [1.82, 2.24) is 28.5 Å². The van der Waals surface area contributed by atoms with Crippen molar-refractivity contribution < 1.29 is 13.5 Å². The molecule has 1 fully saturated rings. The van der Waals surface area contributed by atoms with Gasteiger partial charge in [-0.25, -0.2) is 18.6 Å². The first-order chi connectivity index (χ1) is 19.2. The van der Waals surface area contributed by atoms with Gasteiger partial charge in [0.25, 0.3) is 6.43 Å². The van der Waals surface area contributed by atoms with Crippen molar-refractivity contribution in [1.29, 1.82) is 0 Å². The average molecular weight is 564 g/mol. The number of nitrogens with zero attached hydrogens (tertiary/aromatic N) is 7. The molecular weight excluding hydrogens is 528 g/mol. The van der Waals surface area contributed by atoms with Crippen molar-refractivity contribution in [3.05, 3.63) is 58.5 Å². The molecule has 3 aromatic heterocycles. The Kier molecular flexibility index (Phi) is 5.97. The Morgan fingerprint density at radius 1 is 1.02 bits per heavy atom. The Morgan fingerprint density at radius 2 is 1.73 bits per heavy atom. The number of fused-ring (bicyclic) bond motifs is 2. The lowest BCUT2D eigenvalue weighted by molar-refractivity contribution is -0.0166. The van der Waals surface area contributed by atoms with Crippen LogP contribution in [-0.2, 0) is 31.3 Å². The lowest BCUT2D eigenvalue weighted by Gasteiger charge is -2.48. The molecule has 0 atom stereocenters. The third-order valence-electron chi connectivity index (χ3n) is 8.21. The number of anilines is 1. The standard InChI is InChI=1S/C30H35F2N7O2/c1-29(2,3)27-34-21-11-19(17-13-33-35(5)14-17)20(26(31)32)12-22(21)39(27)18-9-23-25(37(7)28(40)36(23)6)24(10-18)38-15-30(4,16-38)41-8/h9-14,26H,15-16H2,1-8H3. The van der Waals surface area contributed by atoms with Crippen LogP contribution in [0.3, 0.4) is 0 Å². The number of aryl methyl sites for hydroxylation is 3. The predicted octanol–water partition coefficient (Wildman–Crippen LogP) is 5.08. The van der Waals surface area contributed by atoms with Crippen LogP contribution >= 0.6 is 0 Å². The number of halogens is 2. The Labute approximate surface area is 236 Å². The van der Waals surface area contributed by atoms with Gasteiger partial charge in [0.05, 0.1) is 45.2 Å². The molecule has 11 heteroatoms. The lowest BCUT2D eigenvalue weighted by Crippen LogP contribution is -2.61. The monoisotopic (exact) mass is 563 g/mol. The minimum absolute atomic E-state index is 0.0841. The Balaban J connectivity index is 1.66. The smallest absolute Gasteiger partial charge is 0.328 e. The van der Waals surface area contributed by atoms with Crippen molar-refractivity contribution in [3.63, 3.8) is 0 Å². The highest BCUT2D eigenvalue weighted by molar-refractivity contribution is 5.94. The molecule has 9 nitrogen and oxygen atoms in total. The first-order valence-electron chi connectivity index (χ1n) is 13.6. The van der Waals surface area contributed by atoms with Crippen molar-refractivity contribution in [2.24, 2.45) is 21.1 Å². The van der Waals surface area contributed by atoms with E-state index in [-0.39, 0.29) is 16.9 Å². The second kappa shape index (κ2) is 9.01. The first-order valence-corrected chi connectivity index (χ1v) is 13.6. The molecular formula is C30H35F2N7O2. The maximum atomic E-state index is 14.5. The van der Waals surface area contributed by atoms with E-state index in [0.717, 1.165) is 28.2 Å². The van der Waals surface area contributed by atoms with Crippen LogP contribution in [0.5, 0.6) is 0 Å². The highest BCUT2D eigenvalue weighted by Crippen LogP contribution is 2.41. The van der Waals surface area contributed by atoms with E-state index in [1.807, 2.05) is 16.7 Å². The summed E-state index contributed by atoms with van der Waals surface area (Å²) in [7, 11) is 6.98. The van der Waals surface area contributed by atoms with Crippen molar-refractivity contribution >= 4 is 27.8 Å². The summed E-state index contributed by atoms with van der Waals surface area (Å²) in [6.45, 7) is 9.53. The van der Waals surface area contributed by atoms with Crippen LogP contribution in [0.25, 0.3) is 38.9 Å². The van der Waals surface area contributed by atoms with Gasteiger partial charge < -0.3 is 9.64 Å². The van der Waals surface area contributed by atoms with Crippen molar-refractivity contribution in [2.75, 3.05) is 25.1 Å². The van der Waals surface area contributed by atoms with Crippen molar-refractivity contribution in [3.8, 4) is 16.8 Å². The fourth-order valence-corrected chi connectivity index (χ4v) is 5.94. The number of rotatable bonds is 5.